The number of allylic oxidation sites excluding steroid dienone is 2. The molecule has 5 aliphatic rings. The highest BCUT2D eigenvalue weighted by atomic mass is 16.5. The Morgan fingerprint density at radius 3 is 2.24 bits per heavy atom. The van der Waals surface area contributed by atoms with Crippen LogP contribution in [0.25, 0.3) is 0 Å². The van der Waals surface area contributed by atoms with Gasteiger partial charge < -0.3 is 25.2 Å². The van der Waals surface area contributed by atoms with Gasteiger partial charge in [-0.25, -0.2) is 4.79 Å². The van der Waals surface area contributed by atoms with Gasteiger partial charge in [0.2, 0.25) is 0 Å². The van der Waals surface area contributed by atoms with Crippen molar-refractivity contribution in [3.63, 3.8) is 0 Å². The third kappa shape index (κ3) is 3.92. The van der Waals surface area contributed by atoms with E-state index >= 15 is 0 Å². The van der Waals surface area contributed by atoms with Crippen LogP contribution in [0.15, 0.2) is 23.3 Å². The van der Waals surface area contributed by atoms with Crippen molar-refractivity contribution in [3.8, 4) is 0 Å². The Labute approximate surface area is 247 Å². The van der Waals surface area contributed by atoms with Crippen LogP contribution in [-0.4, -0.2) is 57.4 Å². The van der Waals surface area contributed by atoms with Crippen molar-refractivity contribution in [3.05, 3.63) is 23.3 Å². The fraction of sp³-hybridized carbons (Fsp3) is 0.857. The maximum absolute atomic E-state index is 13.1. The smallest absolute Gasteiger partial charge is 0.333 e. The fourth-order valence-electron chi connectivity index (χ4n) is 11.4. The highest BCUT2D eigenvalue weighted by Gasteiger charge is 2.74. The second-order valence-electron chi connectivity index (χ2n) is 16.7. The maximum atomic E-state index is 13.1. The average molecular weight is 573 g/mol. The van der Waals surface area contributed by atoms with Gasteiger partial charge in [0.05, 0.1) is 30.3 Å². The lowest BCUT2D eigenvalue weighted by Crippen LogP contribution is -2.74. The summed E-state index contributed by atoms with van der Waals surface area (Å²) in [7, 11) is 0. The minimum absolute atomic E-state index is 0.00483. The maximum Gasteiger partial charge on any atom is 0.333 e. The zero-order valence-corrected chi connectivity index (χ0v) is 27.0. The summed E-state index contributed by atoms with van der Waals surface area (Å²) in [4.78, 5) is 13.1. The number of aliphatic hydroxyl groups excluding tert-OH is 4. The third-order valence-electron chi connectivity index (χ3n) is 14.2. The molecule has 6 nitrogen and oxygen atoms in total. The average Bonchev–Trinajstić information content (AvgIpc) is 2.89. The summed E-state index contributed by atoms with van der Waals surface area (Å²) in [6.07, 6.45) is 6.44. The van der Waals surface area contributed by atoms with E-state index in [1.165, 1.54) is 0 Å². The van der Waals surface area contributed by atoms with E-state index in [4.69, 9.17) is 4.74 Å². The van der Waals surface area contributed by atoms with E-state index in [9.17, 15) is 25.2 Å². The van der Waals surface area contributed by atoms with Crippen LogP contribution in [0.1, 0.15) is 107 Å². The number of rotatable bonds is 3. The summed E-state index contributed by atoms with van der Waals surface area (Å²) in [5.74, 6) is 0.0104. The number of ether oxygens (including phenoxy) is 1. The van der Waals surface area contributed by atoms with Crippen molar-refractivity contribution in [2.24, 2.45) is 50.2 Å². The first-order valence-corrected chi connectivity index (χ1v) is 16.1. The number of carbonyl (C=O) groups excluding carboxylic acids is 1. The molecule has 0 aromatic heterocycles. The lowest BCUT2D eigenvalue weighted by atomic mass is 9.32. The van der Waals surface area contributed by atoms with Gasteiger partial charge in [-0.15, -0.1) is 0 Å². The van der Waals surface area contributed by atoms with E-state index in [-0.39, 0.29) is 40.3 Å². The minimum Gasteiger partial charge on any atom is -0.458 e. The SMILES string of the molecule is CC=C(C)C(=O)O[C@H]1CC(C)(C)C[C@H]2C3=CC[C@@H]4[C@@]5(C)CC[C@H](O)C(C)(C)[C@@H]5CC[C@@]4(C)[C@]3(C)[C@@H](O)[C@@H](O)[C@@]12CO. The molecule has 0 aromatic carbocycles. The molecule has 6 heteroatoms. The van der Waals surface area contributed by atoms with Gasteiger partial charge in [-0.3, -0.25) is 0 Å². The first kappa shape index (κ1) is 31.2. The van der Waals surface area contributed by atoms with Crippen LogP contribution in [0.4, 0.5) is 0 Å². The van der Waals surface area contributed by atoms with Crippen LogP contribution >= 0.6 is 0 Å². The summed E-state index contributed by atoms with van der Waals surface area (Å²) in [5.41, 5.74) is -0.885. The zero-order valence-electron chi connectivity index (χ0n) is 27.0. The highest BCUT2D eigenvalue weighted by Crippen LogP contribution is 2.75. The lowest BCUT2D eigenvalue weighted by Gasteiger charge is -2.73. The van der Waals surface area contributed by atoms with Crippen LogP contribution < -0.4 is 0 Å². The van der Waals surface area contributed by atoms with Gasteiger partial charge in [-0.1, -0.05) is 66.2 Å². The van der Waals surface area contributed by atoms with E-state index < -0.39 is 35.1 Å². The number of fused-ring (bicyclic) bond motifs is 7. The van der Waals surface area contributed by atoms with E-state index in [1.54, 1.807) is 19.9 Å². The zero-order chi connectivity index (χ0) is 30.6. The first-order valence-electron chi connectivity index (χ1n) is 16.1. The molecule has 0 radical (unpaired) electrons. The van der Waals surface area contributed by atoms with Crippen molar-refractivity contribution < 1.29 is 30.0 Å². The minimum atomic E-state index is -1.25. The molecule has 0 aromatic rings. The van der Waals surface area contributed by atoms with Gasteiger partial charge in [-0.2, -0.15) is 0 Å². The predicted molar refractivity (Wildman–Crippen MR) is 160 cm³/mol. The molecule has 0 heterocycles. The normalized spacial score (nSPS) is 50.4. The Hall–Kier alpha value is -1.21. The molecule has 0 spiro atoms. The molecule has 5 aliphatic carbocycles. The van der Waals surface area contributed by atoms with Crippen molar-refractivity contribution >= 4 is 5.97 Å². The number of hydrogen-bond donors (Lipinski definition) is 4. The number of carbonyl (C=O) groups is 1. The van der Waals surface area contributed by atoms with Gasteiger partial charge >= 0.3 is 5.97 Å². The van der Waals surface area contributed by atoms with Gasteiger partial charge in [0.15, 0.2) is 0 Å². The van der Waals surface area contributed by atoms with Gasteiger partial charge in [-0.05, 0) is 98.2 Å². The van der Waals surface area contributed by atoms with Gasteiger partial charge in [0.1, 0.15) is 6.10 Å². The molecule has 5 rings (SSSR count). The Morgan fingerprint density at radius 2 is 1.63 bits per heavy atom. The molecule has 0 saturated heterocycles. The van der Waals surface area contributed by atoms with E-state index in [0.717, 1.165) is 44.1 Å². The largest absolute Gasteiger partial charge is 0.458 e. The summed E-state index contributed by atoms with van der Waals surface area (Å²) < 4.78 is 6.14. The summed E-state index contributed by atoms with van der Waals surface area (Å²) in [6.45, 7) is 18.9. The standard InChI is InChI=1S/C35H56O6/c1-10-20(2)29(40)41-26-18-30(3,4)17-22-21-11-12-24-32(7)15-14-25(37)31(5,6)23(32)13-16-33(24,8)34(21,9)27(38)28(39)35(22,26)19-36/h10-11,22-28,36-39H,12-19H2,1-9H3/t22-,23-,24+,25-,26-,27-,28+,32-,33+,34-,35+/m0/s1. The fourth-order valence-corrected chi connectivity index (χ4v) is 11.4. The lowest BCUT2D eigenvalue weighted by molar-refractivity contribution is -0.274. The van der Waals surface area contributed by atoms with Crippen LogP contribution in [-0.2, 0) is 9.53 Å². The molecule has 232 valence electrons. The van der Waals surface area contributed by atoms with Crippen molar-refractivity contribution in [1.29, 1.82) is 0 Å². The number of hydrogen-bond acceptors (Lipinski definition) is 6. The molecule has 4 saturated carbocycles. The quantitative estimate of drug-likeness (QED) is 0.200. The molecule has 11 atom stereocenters. The molecule has 0 amide bonds. The Morgan fingerprint density at radius 1 is 0.976 bits per heavy atom. The molecule has 0 bridgehead atoms. The molecule has 4 fully saturated rings. The second-order valence-corrected chi connectivity index (χ2v) is 16.7. The molecular weight excluding hydrogens is 516 g/mol. The Bertz CT molecular complexity index is 1140. The van der Waals surface area contributed by atoms with Gasteiger partial charge in [0, 0.05) is 11.0 Å². The van der Waals surface area contributed by atoms with Crippen LogP contribution in [0.5, 0.6) is 0 Å². The Kier molecular flexibility index (Phi) is 7.34. The summed E-state index contributed by atoms with van der Waals surface area (Å²) in [5, 5.41) is 46.7. The van der Waals surface area contributed by atoms with E-state index in [2.05, 4.69) is 54.5 Å². The van der Waals surface area contributed by atoms with Crippen LogP contribution in [0.2, 0.25) is 0 Å². The molecule has 0 aliphatic heterocycles. The number of esters is 1. The molecule has 41 heavy (non-hydrogen) atoms. The topological polar surface area (TPSA) is 107 Å². The van der Waals surface area contributed by atoms with Crippen molar-refractivity contribution in [1.82, 2.24) is 0 Å². The molecule has 4 N–H and O–H groups in total. The monoisotopic (exact) mass is 572 g/mol. The predicted octanol–water partition coefficient (Wildman–Crippen LogP) is 5.57. The van der Waals surface area contributed by atoms with Crippen molar-refractivity contribution in [2.75, 3.05) is 6.61 Å². The molecule has 0 unspecified atom stereocenters. The van der Waals surface area contributed by atoms with Gasteiger partial charge in [0.25, 0.3) is 0 Å². The van der Waals surface area contributed by atoms with Crippen molar-refractivity contribution in [2.45, 2.75) is 132 Å². The second kappa shape index (κ2) is 9.64. The number of aliphatic hydroxyl groups is 4. The highest BCUT2D eigenvalue weighted by molar-refractivity contribution is 5.87. The molecular formula is C35H56O6. The van der Waals surface area contributed by atoms with Crippen LogP contribution in [0.3, 0.4) is 0 Å². The van der Waals surface area contributed by atoms with E-state index in [0.29, 0.717) is 23.8 Å². The summed E-state index contributed by atoms with van der Waals surface area (Å²) >= 11 is 0. The third-order valence-corrected chi connectivity index (χ3v) is 14.2. The van der Waals surface area contributed by atoms with Crippen LogP contribution in [0, 0.1) is 50.2 Å². The van der Waals surface area contributed by atoms with E-state index in [1.807, 2.05) is 0 Å². The Balaban J connectivity index is 1.64. The summed E-state index contributed by atoms with van der Waals surface area (Å²) in [6, 6.07) is 0. The first-order chi connectivity index (χ1) is 18.9.